The summed E-state index contributed by atoms with van der Waals surface area (Å²) >= 11 is 1.58. The number of hydrogen-bond acceptors (Lipinski definition) is 5. The van der Waals surface area contributed by atoms with Crippen LogP contribution in [0.5, 0.6) is 0 Å². The fourth-order valence-electron chi connectivity index (χ4n) is 4.95. The van der Waals surface area contributed by atoms with Gasteiger partial charge in [-0.3, -0.25) is 9.59 Å². The number of hydrogen-bond donors (Lipinski definition) is 1. The van der Waals surface area contributed by atoms with Gasteiger partial charge in [0.05, 0.1) is 12.4 Å². The molecule has 3 fully saturated rings. The van der Waals surface area contributed by atoms with E-state index in [-0.39, 0.29) is 35.3 Å². The maximum Gasteiger partial charge on any atom is 0.409 e. The molecule has 0 aromatic heterocycles. The summed E-state index contributed by atoms with van der Waals surface area (Å²) in [4.78, 5) is 42.0. The number of carbonyl (C=O) groups excluding carboxylic acids is 3. The van der Waals surface area contributed by atoms with E-state index in [0.717, 1.165) is 50.1 Å². The molecule has 3 aliphatic rings. The number of nitrogens with one attached hydrogen (secondary N) is 1. The molecule has 32 heavy (non-hydrogen) atoms. The molecule has 1 saturated carbocycles. The molecule has 7 nitrogen and oxygen atoms in total. The van der Waals surface area contributed by atoms with Crippen LogP contribution in [0.4, 0.5) is 4.79 Å². The number of ether oxygens (including phenoxy) is 1. The van der Waals surface area contributed by atoms with E-state index < -0.39 is 0 Å². The zero-order chi connectivity index (χ0) is 22.6. The molecule has 4 rings (SSSR count). The molecule has 2 heterocycles. The van der Waals surface area contributed by atoms with Crippen molar-refractivity contribution in [1.82, 2.24) is 15.1 Å². The number of amides is 3. The Morgan fingerprint density at radius 3 is 2.41 bits per heavy atom. The molecule has 0 radical (unpaired) electrons. The lowest BCUT2D eigenvalue weighted by Crippen LogP contribution is -2.47. The summed E-state index contributed by atoms with van der Waals surface area (Å²) in [5, 5.41) is 3.21. The summed E-state index contributed by atoms with van der Waals surface area (Å²) in [5.74, 6) is 0.870. The minimum atomic E-state index is -0.262. The molecule has 1 aromatic carbocycles. The van der Waals surface area contributed by atoms with Crippen molar-refractivity contribution in [3.8, 4) is 0 Å². The summed E-state index contributed by atoms with van der Waals surface area (Å²) < 4.78 is 5.05. The summed E-state index contributed by atoms with van der Waals surface area (Å²) in [6.07, 6.45) is 4.03. The Morgan fingerprint density at radius 1 is 1.06 bits per heavy atom. The first-order valence-corrected chi connectivity index (χ1v) is 12.7. The van der Waals surface area contributed by atoms with E-state index in [0.29, 0.717) is 25.4 Å². The van der Waals surface area contributed by atoms with E-state index >= 15 is 0 Å². The zero-order valence-corrected chi connectivity index (χ0v) is 19.6. The number of piperidine rings is 2. The molecular formula is C24H33N3O4S. The van der Waals surface area contributed by atoms with Crippen LogP contribution in [0, 0.1) is 11.3 Å². The van der Waals surface area contributed by atoms with E-state index in [4.69, 9.17) is 4.74 Å². The highest BCUT2D eigenvalue weighted by Gasteiger charge is 2.58. The first-order valence-electron chi connectivity index (χ1n) is 11.7. The van der Waals surface area contributed by atoms with Gasteiger partial charge < -0.3 is 19.9 Å². The van der Waals surface area contributed by atoms with Crippen molar-refractivity contribution >= 4 is 29.7 Å². The lowest BCUT2D eigenvalue weighted by molar-refractivity contribution is -0.130. The maximum absolute atomic E-state index is 12.8. The molecule has 1 aromatic rings. The van der Waals surface area contributed by atoms with E-state index in [1.807, 2.05) is 35.2 Å². The van der Waals surface area contributed by atoms with Crippen LogP contribution < -0.4 is 5.32 Å². The van der Waals surface area contributed by atoms with Crippen LogP contribution in [0.3, 0.4) is 0 Å². The number of nitrogens with zero attached hydrogens (tertiary/aromatic N) is 2. The highest BCUT2D eigenvalue weighted by Crippen LogP contribution is 2.59. The standard InChI is InChI=1S/C24H33N3O4S/c1-2-31-23(30)27-12-8-18(9-13-27)25-22(29)20-16-24(20)10-14-26(15-11-24)21(28)17-32-19-6-4-3-5-7-19/h3-7,18,20H,2,8-17H2,1H3,(H,25,29). The van der Waals surface area contributed by atoms with E-state index in [1.165, 1.54) is 0 Å². The fourth-order valence-corrected chi connectivity index (χ4v) is 5.77. The average molecular weight is 460 g/mol. The lowest BCUT2D eigenvalue weighted by atomic mass is 9.90. The third kappa shape index (κ3) is 5.39. The van der Waals surface area contributed by atoms with Gasteiger partial charge in [0, 0.05) is 43.0 Å². The Balaban J connectivity index is 1.17. The quantitative estimate of drug-likeness (QED) is 0.661. The smallest absolute Gasteiger partial charge is 0.409 e. The molecule has 1 N–H and O–H groups in total. The Labute approximate surface area is 194 Å². The van der Waals surface area contributed by atoms with Gasteiger partial charge in [0.1, 0.15) is 0 Å². The summed E-state index contributed by atoms with van der Waals surface area (Å²) in [7, 11) is 0. The van der Waals surface area contributed by atoms with Crippen LogP contribution in [-0.2, 0) is 14.3 Å². The van der Waals surface area contributed by atoms with Crippen molar-refractivity contribution in [2.24, 2.45) is 11.3 Å². The minimum absolute atomic E-state index is 0.0709. The molecule has 1 unspecified atom stereocenters. The predicted molar refractivity (Wildman–Crippen MR) is 123 cm³/mol. The second-order valence-corrected chi connectivity index (χ2v) is 10.1. The van der Waals surface area contributed by atoms with Crippen LogP contribution in [0.1, 0.15) is 39.0 Å². The largest absolute Gasteiger partial charge is 0.450 e. The number of carbonyl (C=O) groups is 3. The highest BCUT2D eigenvalue weighted by atomic mass is 32.2. The minimum Gasteiger partial charge on any atom is -0.450 e. The van der Waals surface area contributed by atoms with Gasteiger partial charge >= 0.3 is 6.09 Å². The number of benzene rings is 1. The van der Waals surface area contributed by atoms with Crippen LogP contribution in [0.15, 0.2) is 35.2 Å². The molecule has 1 atom stereocenters. The molecule has 0 bridgehead atoms. The third-order valence-corrected chi connectivity index (χ3v) is 8.09. The van der Waals surface area contributed by atoms with Gasteiger partial charge in [0.15, 0.2) is 0 Å². The lowest BCUT2D eigenvalue weighted by Gasteiger charge is -2.34. The first-order chi connectivity index (χ1) is 15.5. The SMILES string of the molecule is CCOC(=O)N1CCC(NC(=O)C2CC23CCN(C(=O)CSc2ccccc2)CC3)CC1. The van der Waals surface area contributed by atoms with E-state index in [2.05, 4.69) is 5.32 Å². The number of likely N-dealkylation sites (tertiary alicyclic amines) is 2. The molecule has 2 aliphatic heterocycles. The summed E-state index contributed by atoms with van der Waals surface area (Å²) in [5.41, 5.74) is 0.0824. The Hall–Kier alpha value is -2.22. The molecule has 3 amide bonds. The van der Waals surface area contributed by atoms with Crippen molar-refractivity contribution in [2.75, 3.05) is 38.5 Å². The fraction of sp³-hybridized carbons (Fsp3) is 0.625. The van der Waals surface area contributed by atoms with Gasteiger partial charge in [-0.15, -0.1) is 11.8 Å². The van der Waals surface area contributed by atoms with Crippen LogP contribution >= 0.6 is 11.8 Å². The van der Waals surface area contributed by atoms with Crippen molar-refractivity contribution in [1.29, 1.82) is 0 Å². The van der Waals surface area contributed by atoms with Gasteiger partial charge in [0.25, 0.3) is 0 Å². The number of thioether (sulfide) groups is 1. The van der Waals surface area contributed by atoms with Crippen molar-refractivity contribution < 1.29 is 19.1 Å². The van der Waals surface area contributed by atoms with Crippen molar-refractivity contribution in [3.63, 3.8) is 0 Å². The average Bonchev–Trinajstić information content (AvgIpc) is 3.52. The van der Waals surface area contributed by atoms with Gasteiger partial charge in [-0.2, -0.15) is 0 Å². The normalized spacial score (nSPS) is 22.5. The molecule has 174 valence electrons. The zero-order valence-electron chi connectivity index (χ0n) is 18.8. The molecule has 2 saturated heterocycles. The van der Waals surface area contributed by atoms with Gasteiger partial charge in [-0.1, -0.05) is 18.2 Å². The monoisotopic (exact) mass is 459 g/mol. The Bertz CT molecular complexity index is 818. The van der Waals surface area contributed by atoms with Gasteiger partial charge in [-0.05, 0) is 56.6 Å². The maximum atomic E-state index is 12.8. The molecule has 8 heteroatoms. The topological polar surface area (TPSA) is 79.0 Å². The Kier molecular flexibility index (Phi) is 7.28. The molecular weight excluding hydrogens is 426 g/mol. The second kappa shape index (κ2) is 10.1. The third-order valence-electron chi connectivity index (χ3n) is 7.09. The van der Waals surface area contributed by atoms with E-state index in [9.17, 15) is 14.4 Å². The highest BCUT2D eigenvalue weighted by molar-refractivity contribution is 8.00. The van der Waals surface area contributed by atoms with Crippen LogP contribution in [0.2, 0.25) is 0 Å². The van der Waals surface area contributed by atoms with Gasteiger partial charge in [0.2, 0.25) is 11.8 Å². The summed E-state index contributed by atoms with van der Waals surface area (Å²) in [6.45, 7) is 4.93. The van der Waals surface area contributed by atoms with Crippen molar-refractivity contribution in [2.45, 2.75) is 50.0 Å². The number of rotatable bonds is 6. The Morgan fingerprint density at radius 2 is 1.75 bits per heavy atom. The summed E-state index contributed by atoms with van der Waals surface area (Å²) in [6, 6.07) is 10.1. The van der Waals surface area contributed by atoms with Crippen molar-refractivity contribution in [3.05, 3.63) is 30.3 Å². The first kappa shape index (κ1) is 23.0. The predicted octanol–water partition coefficient (Wildman–Crippen LogP) is 3.14. The molecule has 1 spiro atoms. The van der Waals surface area contributed by atoms with Crippen LogP contribution in [-0.4, -0.2) is 72.3 Å². The van der Waals surface area contributed by atoms with Gasteiger partial charge in [-0.25, -0.2) is 4.79 Å². The van der Waals surface area contributed by atoms with E-state index in [1.54, 1.807) is 23.6 Å². The molecule has 1 aliphatic carbocycles. The van der Waals surface area contributed by atoms with Crippen LogP contribution in [0.25, 0.3) is 0 Å². The second-order valence-electron chi connectivity index (χ2n) is 9.07.